The van der Waals surface area contributed by atoms with E-state index in [0.717, 1.165) is 22.6 Å². The van der Waals surface area contributed by atoms with Crippen LogP contribution in [0.2, 0.25) is 0 Å². The Morgan fingerprint density at radius 2 is 1.95 bits per heavy atom. The predicted octanol–water partition coefficient (Wildman–Crippen LogP) is 3.69. The van der Waals surface area contributed by atoms with Crippen LogP contribution in [0.15, 0.2) is 41.4 Å². The van der Waals surface area contributed by atoms with E-state index >= 15 is 0 Å². The Hall–Kier alpha value is -1.81. The SMILES string of the molecule is Cc1cc(C)c(C(=O)O)c(SCc2ccccc2)n1. The summed E-state index contributed by atoms with van der Waals surface area (Å²) in [6, 6.07) is 11.8. The van der Waals surface area contributed by atoms with Crippen LogP contribution in [0.25, 0.3) is 0 Å². The lowest BCUT2D eigenvalue weighted by Crippen LogP contribution is -2.05. The summed E-state index contributed by atoms with van der Waals surface area (Å²) >= 11 is 1.46. The normalized spacial score (nSPS) is 10.4. The Morgan fingerprint density at radius 1 is 1.26 bits per heavy atom. The topological polar surface area (TPSA) is 50.2 Å². The van der Waals surface area contributed by atoms with Gasteiger partial charge in [0.15, 0.2) is 0 Å². The molecule has 0 saturated carbocycles. The average Bonchev–Trinajstić information content (AvgIpc) is 2.36. The maximum absolute atomic E-state index is 11.3. The van der Waals surface area contributed by atoms with E-state index in [0.29, 0.717) is 10.6 Å². The van der Waals surface area contributed by atoms with Crippen LogP contribution in [0.3, 0.4) is 0 Å². The van der Waals surface area contributed by atoms with Crippen LogP contribution >= 0.6 is 11.8 Å². The van der Waals surface area contributed by atoms with Gasteiger partial charge >= 0.3 is 5.97 Å². The first-order chi connectivity index (χ1) is 9.08. The number of aromatic carboxylic acids is 1. The molecule has 1 N–H and O–H groups in total. The maximum atomic E-state index is 11.3. The lowest BCUT2D eigenvalue weighted by Gasteiger charge is -2.09. The van der Waals surface area contributed by atoms with E-state index < -0.39 is 5.97 Å². The van der Waals surface area contributed by atoms with Crippen molar-refractivity contribution < 1.29 is 9.90 Å². The molecular formula is C15H15NO2S. The van der Waals surface area contributed by atoms with Crippen LogP contribution in [-0.4, -0.2) is 16.1 Å². The number of aromatic nitrogens is 1. The Labute approximate surface area is 116 Å². The second kappa shape index (κ2) is 5.89. The minimum absolute atomic E-state index is 0.312. The van der Waals surface area contributed by atoms with Crippen LogP contribution in [0.1, 0.15) is 27.2 Å². The van der Waals surface area contributed by atoms with Crippen molar-refractivity contribution in [1.29, 1.82) is 0 Å². The van der Waals surface area contributed by atoms with Gasteiger partial charge in [-0.15, -0.1) is 11.8 Å². The Balaban J connectivity index is 2.27. The number of carboxylic acids is 1. The zero-order valence-corrected chi connectivity index (χ0v) is 11.7. The Kier molecular flexibility index (Phi) is 4.22. The summed E-state index contributed by atoms with van der Waals surface area (Å²) in [5, 5.41) is 9.87. The molecule has 0 aliphatic carbocycles. The molecule has 19 heavy (non-hydrogen) atoms. The van der Waals surface area contributed by atoms with Gasteiger partial charge in [0.05, 0.1) is 5.56 Å². The maximum Gasteiger partial charge on any atom is 0.338 e. The largest absolute Gasteiger partial charge is 0.478 e. The van der Waals surface area contributed by atoms with Crippen LogP contribution in [0, 0.1) is 13.8 Å². The van der Waals surface area contributed by atoms with Gasteiger partial charge in [0, 0.05) is 11.4 Å². The fourth-order valence-electron chi connectivity index (χ4n) is 1.89. The second-order valence-electron chi connectivity index (χ2n) is 4.34. The molecule has 3 nitrogen and oxygen atoms in total. The molecule has 2 aromatic rings. The number of thioether (sulfide) groups is 1. The van der Waals surface area contributed by atoms with Crippen molar-refractivity contribution >= 4 is 17.7 Å². The standard InChI is InChI=1S/C15H15NO2S/c1-10-8-11(2)16-14(13(10)15(17)18)19-9-12-6-4-3-5-7-12/h3-8H,9H2,1-2H3,(H,17,18). The lowest BCUT2D eigenvalue weighted by molar-refractivity contribution is 0.0691. The average molecular weight is 273 g/mol. The van der Waals surface area contributed by atoms with Crippen LogP contribution < -0.4 is 0 Å². The zero-order chi connectivity index (χ0) is 13.8. The molecule has 0 unspecified atom stereocenters. The molecule has 1 heterocycles. The minimum Gasteiger partial charge on any atom is -0.478 e. The number of aryl methyl sites for hydroxylation is 2. The summed E-state index contributed by atoms with van der Waals surface area (Å²) in [4.78, 5) is 15.7. The molecule has 4 heteroatoms. The van der Waals surface area contributed by atoms with Gasteiger partial charge < -0.3 is 5.11 Å². The summed E-state index contributed by atoms with van der Waals surface area (Å²) in [6.07, 6.45) is 0. The molecule has 0 fully saturated rings. The third-order valence-corrected chi connectivity index (χ3v) is 3.79. The van der Waals surface area contributed by atoms with Crippen molar-refractivity contribution in [3.63, 3.8) is 0 Å². The van der Waals surface area contributed by atoms with E-state index in [4.69, 9.17) is 0 Å². The van der Waals surface area contributed by atoms with Crippen LogP contribution in [-0.2, 0) is 5.75 Å². The molecule has 2 rings (SSSR count). The smallest absolute Gasteiger partial charge is 0.338 e. The van der Waals surface area contributed by atoms with Crippen molar-refractivity contribution in [2.24, 2.45) is 0 Å². The zero-order valence-electron chi connectivity index (χ0n) is 10.9. The highest BCUT2D eigenvalue weighted by Crippen LogP contribution is 2.27. The Morgan fingerprint density at radius 3 is 2.58 bits per heavy atom. The summed E-state index contributed by atoms with van der Waals surface area (Å²) in [5.74, 6) is -0.197. The van der Waals surface area contributed by atoms with Gasteiger partial charge in [0.25, 0.3) is 0 Å². The molecule has 0 atom stereocenters. The van der Waals surface area contributed by atoms with Gasteiger partial charge in [0.2, 0.25) is 0 Å². The summed E-state index contributed by atoms with van der Waals surface area (Å²) in [6.45, 7) is 3.69. The quantitative estimate of drug-likeness (QED) is 0.863. The fraction of sp³-hybridized carbons (Fsp3) is 0.200. The highest BCUT2D eigenvalue weighted by atomic mass is 32.2. The first kappa shape index (κ1) is 13.6. The number of hydrogen-bond acceptors (Lipinski definition) is 3. The van der Waals surface area contributed by atoms with E-state index in [1.54, 1.807) is 6.07 Å². The van der Waals surface area contributed by atoms with E-state index in [-0.39, 0.29) is 0 Å². The van der Waals surface area contributed by atoms with E-state index in [1.165, 1.54) is 11.8 Å². The van der Waals surface area contributed by atoms with E-state index in [9.17, 15) is 9.90 Å². The molecule has 0 spiro atoms. The molecular weight excluding hydrogens is 258 g/mol. The van der Waals surface area contributed by atoms with Crippen LogP contribution in [0.4, 0.5) is 0 Å². The highest BCUT2D eigenvalue weighted by Gasteiger charge is 2.16. The van der Waals surface area contributed by atoms with Crippen molar-refractivity contribution in [3.8, 4) is 0 Å². The van der Waals surface area contributed by atoms with Crippen molar-refractivity contribution in [2.45, 2.75) is 24.6 Å². The first-order valence-electron chi connectivity index (χ1n) is 5.96. The molecule has 0 radical (unpaired) electrons. The Bertz CT molecular complexity index is 597. The molecule has 0 bridgehead atoms. The lowest BCUT2D eigenvalue weighted by atomic mass is 10.1. The number of carboxylic acid groups (broad SMARTS) is 1. The number of pyridine rings is 1. The molecule has 1 aromatic heterocycles. The minimum atomic E-state index is -0.916. The number of carbonyl (C=O) groups is 1. The number of nitrogens with zero attached hydrogens (tertiary/aromatic N) is 1. The second-order valence-corrected chi connectivity index (χ2v) is 5.30. The van der Waals surface area contributed by atoms with Gasteiger partial charge in [-0.25, -0.2) is 9.78 Å². The summed E-state index contributed by atoms with van der Waals surface area (Å²) < 4.78 is 0. The highest BCUT2D eigenvalue weighted by molar-refractivity contribution is 7.98. The third-order valence-electron chi connectivity index (χ3n) is 2.74. The first-order valence-corrected chi connectivity index (χ1v) is 6.94. The molecule has 0 saturated heterocycles. The summed E-state index contributed by atoms with van der Waals surface area (Å²) in [5.41, 5.74) is 3.07. The molecule has 1 aromatic carbocycles. The van der Waals surface area contributed by atoms with Gasteiger partial charge in [-0.2, -0.15) is 0 Å². The fourth-order valence-corrected chi connectivity index (χ4v) is 2.99. The molecule has 98 valence electrons. The number of benzene rings is 1. The van der Waals surface area contributed by atoms with Gasteiger partial charge in [-0.05, 0) is 31.0 Å². The van der Waals surface area contributed by atoms with Crippen LogP contribution in [0.5, 0.6) is 0 Å². The van der Waals surface area contributed by atoms with E-state index in [2.05, 4.69) is 4.98 Å². The van der Waals surface area contributed by atoms with Crippen molar-refractivity contribution in [2.75, 3.05) is 0 Å². The molecule has 0 aliphatic rings. The third kappa shape index (κ3) is 3.35. The van der Waals surface area contributed by atoms with Crippen molar-refractivity contribution in [1.82, 2.24) is 4.98 Å². The van der Waals surface area contributed by atoms with Crippen molar-refractivity contribution in [3.05, 3.63) is 58.8 Å². The van der Waals surface area contributed by atoms with Gasteiger partial charge in [-0.3, -0.25) is 0 Å². The van der Waals surface area contributed by atoms with E-state index in [1.807, 2.05) is 44.2 Å². The molecule has 0 amide bonds. The van der Waals surface area contributed by atoms with Gasteiger partial charge in [-0.1, -0.05) is 30.3 Å². The van der Waals surface area contributed by atoms with Gasteiger partial charge in [0.1, 0.15) is 5.03 Å². The number of rotatable bonds is 4. The summed E-state index contributed by atoms with van der Waals surface area (Å²) in [7, 11) is 0. The predicted molar refractivity (Wildman–Crippen MR) is 76.7 cm³/mol. The molecule has 0 aliphatic heterocycles. The monoisotopic (exact) mass is 273 g/mol. The number of hydrogen-bond donors (Lipinski definition) is 1.